The minimum absolute atomic E-state index is 0.879. The first-order chi connectivity index (χ1) is 7.72. The Morgan fingerprint density at radius 1 is 1.19 bits per heavy atom. The SMILES string of the molecule is CSc1nc2c(c(N(C)C)n1)CCNCC2. The van der Waals surface area contributed by atoms with Gasteiger partial charge >= 0.3 is 0 Å². The van der Waals surface area contributed by atoms with Crippen molar-refractivity contribution in [2.45, 2.75) is 18.0 Å². The average molecular weight is 238 g/mol. The van der Waals surface area contributed by atoms with Crippen molar-refractivity contribution in [3.8, 4) is 0 Å². The van der Waals surface area contributed by atoms with E-state index in [0.29, 0.717) is 0 Å². The van der Waals surface area contributed by atoms with E-state index in [1.54, 1.807) is 11.8 Å². The molecular formula is C11H18N4S. The molecule has 1 aliphatic rings. The van der Waals surface area contributed by atoms with E-state index < -0.39 is 0 Å². The van der Waals surface area contributed by atoms with Crippen LogP contribution in [-0.4, -0.2) is 43.4 Å². The van der Waals surface area contributed by atoms with Crippen LogP contribution in [0.5, 0.6) is 0 Å². The Labute approximate surface area is 101 Å². The summed E-state index contributed by atoms with van der Waals surface area (Å²) in [4.78, 5) is 11.3. The molecule has 1 N–H and O–H groups in total. The molecule has 0 saturated heterocycles. The van der Waals surface area contributed by atoms with E-state index in [9.17, 15) is 0 Å². The number of aromatic nitrogens is 2. The zero-order valence-electron chi connectivity index (χ0n) is 10.1. The molecule has 0 aliphatic carbocycles. The summed E-state index contributed by atoms with van der Waals surface area (Å²) in [6.07, 6.45) is 4.06. The zero-order chi connectivity index (χ0) is 11.5. The van der Waals surface area contributed by atoms with E-state index in [4.69, 9.17) is 0 Å². The number of nitrogens with one attached hydrogen (secondary N) is 1. The topological polar surface area (TPSA) is 41.1 Å². The number of nitrogens with zero attached hydrogens (tertiary/aromatic N) is 3. The van der Waals surface area contributed by atoms with Crippen LogP contribution < -0.4 is 10.2 Å². The largest absolute Gasteiger partial charge is 0.362 e. The third-order valence-corrected chi connectivity index (χ3v) is 3.29. The third kappa shape index (κ3) is 2.30. The summed E-state index contributed by atoms with van der Waals surface area (Å²) in [5.74, 6) is 1.08. The Morgan fingerprint density at radius 3 is 2.62 bits per heavy atom. The van der Waals surface area contributed by atoms with Gasteiger partial charge in [-0.1, -0.05) is 11.8 Å². The van der Waals surface area contributed by atoms with Crippen molar-refractivity contribution in [1.82, 2.24) is 15.3 Å². The van der Waals surface area contributed by atoms with Crippen molar-refractivity contribution in [2.24, 2.45) is 0 Å². The summed E-state index contributed by atoms with van der Waals surface area (Å²) < 4.78 is 0. The summed E-state index contributed by atoms with van der Waals surface area (Å²) in [5, 5.41) is 4.28. The summed E-state index contributed by atoms with van der Waals surface area (Å²) in [5.41, 5.74) is 2.53. The first-order valence-corrected chi connectivity index (χ1v) is 6.76. The van der Waals surface area contributed by atoms with Crippen LogP contribution in [0.3, 0.4) is 0 Å². The van der Waals surface area contributed by atoms with Crippen LogP contribution >= 0.6 is 11.8 Å². The highest BCUT2D eigenvalue weighted by molar-refractivity contribution is 7.98. The van der Waals surface area contributed by atoms with E-state index >= 15 is 0 Å². The standard InChI is InChI=1S/C11H18N4S/c1-15(2)10-8-4-6-12-7-5-9(8)13-11(14-10)16-3/h12H,4-7H2,1-3H3. The molecule has 0 atom stereocenters. The van der Waals surface area contributed by atoms with Gasteiger partial charge < -0.3 is 10.2 Å². The lowest BCUT2D eigenvalue weighted by Crippen LogP contribution is -2.17. The lowest BCUT2D eigenvalue weighted by molar-refractivity contribution is 0.707. The van der Waals surface area contributed by atoms with E-state index in [1.165, 1.54) is 11.3 Å². The number of rotatable bonds is 2. The highest BCUT2D eigenvalue weighted by Gasteiger charge is 2.17. The summed E-state index contributed by atoms with van der Waals surface area (Å²) in [7, 11) is 4.09. The van der Waals surface area contributed by atoms with Crippen LogP contribution in [-0.2, 0) is 12.8 Å². The number of hydrogen-bond donors (Lipinski definition) is 1. The summed E-state index contributed by atoms with van der Waals surface area (Å²) in [6.45, 7) is 2.04. The molecule has 1 aromatic rings. The minimum Gasteiger partial charge on any atom is -0.362 e. The second-order valence-corrected chi connectivity index (χ2v) is 4.88. The van der Waals surface area contributed by atoms with E-state index in [1.807, 2.05) is 20.4 Å². The fourth-order valence-corrected chi connectivity index (χ4v) is 2.34. The van der Waals surface area contributed by atoms with Gasteiger partial charge in [0, 0.05) is 32.6 Å². The van der Waals surface area contributed by atoms with Gasteiger partial charge in [-0.25, -0.2) is 9.97 Å². The molecule has 4 nitrogen and oxygen atoms in total. The van der Waals surface area contributed by atoms with Crippen LogP contribution in [0.25, 0.3) is 0 Å². The number of thioether (sulfide) groups is 1. The maximum absolute atomic E-state index is 4.62. The molecule has 0 amide bonds. The molecule has 16 heavy (non-hydrogen) atoms. The molecule has 5 heteroatoms. The Morgan fingerprint density at radius 2 is 1.94 bits per heavy atom. The maximum Gasteiger partial charge on any atom is 0.189 e. The van der Waals surface area contributed by atoms with Gasteiger partial charge in [0.2, 0.25) is 0 Å². The van der Waals surface area contributed by atoms with Gasteiger partial charge in [-0.05, 0) is 19.2 Å². The molecule has 88 valence electrons. The predicted molar refractivity (Wildman–Crippen MR) is 68.4 cm³/mol. The third-order valence-electron chi connectivity index (χ3n) is 2.75. The van der Waals surface area contributed by atoms with Crippen LogP contribution in [0, 0.1) is 0 Å². The molecule has 0 spiro atoms. The van der Waals surface area contributed by atoms with Gasteiger partial charge in [-0.15, -0.1) is 0 Å². The summed E-state index contributed by atoms with van der Waals surface area (Å²) in [6, 6.07) is 0. The van der Waals surface area contributed by atoms with Crippen molar-refractivity contribution in [3.05, 3.63) is 11.3 Å². The van der Waals surface area contributed by atoms with E-state index in [-0.39, 0.29) is 0 Å². The lowest BCUT2D eigenvalue weighted by Gasteiger charge is -2.18. The number of fused-ring (bicyclic) bond motifs is 1. The molecule has 2 heterocycles. The Bertz CT molecular complexity index is 378. The molecule has 0 saturated carbocycles. The van der Waals surface area contributed by atoms with Crippen molar-refractivity contribution >= 4 is 17.6 Å². The molecular weight excluding hydrogens is 220 g/mol. The quantitative estimate of drug-likeness (QED) is 0.614. The van der Waals surface area contributed by atoms with Crippen LogP contribution in [0.15, 0.2) is 5.16 Å². The lowest BCUT2D eigenvalue weighted by atomic mass is 10.1. The van der Waals surface area contributed by atoms with Gasteiger partial charge in [0.15, 0.2) is 5.16 Å². The predicted octanol–water partition coefficient (Wildman–Crippen LogP) is 0.953. The van der Waals surface area contributed by atoms with Gasteiger partial charge in [0.25, 0.3) is 0 Å². The van der Waals surface area contributed by atoms with Gasteiger partial charge in [-0.3, -0.25) is 0 Å². The molecule has 0 radical (unpaired) electrons. The van der Waals surface area contributed by atoms with Crippen LogP contribution in [0.2, 0.25) is 0 Å². The highest BCUT2D eigenvalue weighted by Crippen LogP contribution is 2.24. The Kier molecular flexibility index (Phi) is 3.66. The van der Waals surface area contributed by atoms with E-state index in [2.05, 4.69) is 20.2 Å². The first kappa shape index (κ1) is 11.7. The van der Waals surface area contributed by atoms with Gasteiger partial charge in [-0.2, -0.15) is 0 Å². The number of anilines is 1. The first-order valence-electron chi connectivity index (χ1n) is 5.54. The van der Waals surface area contributed by atoms with Crippen LogP contribution in [0.4, 0.5) is 5.82 Å². The molecule has 0 unspecified atom stereocenters. The smallest absolute Gasteiger partial charge is 0.189 e. The van der Waals surface area contributed by atoms with Crippen molar-refractivity contribution in [3.63, 3.8) is 0 Å². The fraction of sp³-hybridized carbons (Fsp3) is 0.636. The average Bonchev–Trinajstić information content (AvgIpc) is 2.52. The number of hydrogen-bond acceptors (Lipinski definition) is 5. The molecule has 2 rings (SSSR count). The molecule has 1 aliphatic heterocycles. The normalized spacial score (nSPS) is 15.4. The highest BCUT2D eigenvalue weighted by atomic mass is 32.2. The maximum atomic E-state index is 4.62. The molecule has 0 bridgehead atoms. The van der Waals surface area contributed by atoms with Gasteiger partial charge in [0.1, 0.15) is 5.82 Å². The minimum atomic E-state index is 0.879. The van der Waals surface area contributed by atoms with Gasteiger partial charge in [0.05, 0.1) is 5.69 Å². The zero-order valence-corrected chi connectivity index (χ0v) is 10.9. The fourth-order valence-electron chi connectivity index (χ4n) is 1.96. The Hall–Kier alpha value is -0.810. The molecule has 1 aromatic heterocycles. The summed E-state index contributed by atoms with van der Waals surface area (Å²) >= 11 is 1.61. The second kappa shape index (κ2) is 5.01. The second-order valence-electron chi connectivity index (χ2n) is 4.10. The molecule has 0 aromatic carbocycles. The Balaban J connectivity index is 2.49. The van der Waals surface area contributed by atoms with E-state index in [0.717, 1.165) is 36.9 Å². The van der Waals surface area contributed by atoms with Crippen molar-refractivity contribution < 1.29 is 0 Å². The van der Waals surface area contributed by atoms with Crippen LogP contribution in [0.1, 0.15) is 11.3 Å². The van der Waals surface area contributed by atoms with Crippen molar-refractivity contribution in [1.29, 1.82) is 0 Å². The van der Waals surface area contributed by atoms with Crippen molar-refractivity contribution in [2.75, 3.05) is 38.3 Å². The molecule has 0 fully saturated rings. The monoisotopic (exact) mass is 238 g/mol.